The van der Waals surface area contributed by atoms with E-state index in [0.717, 1.165) is 16.0 Å². The molecule has 0 spiro atoms. The predicted molar refractivity (Wildman–Crippen MR) is 87.0 cm³/mol. The average molecular weight is 371 g/mol. The zero-order valence-electron chi connectivity index (χ0n) is 11.5. The second kappa shape index (κ2) is 6.15. The number of aromatic nitrogens is 2. The van der Waals surface area contributed by atoms with E-state index in [2.05, 4.69) is 15.3 Å². The van der Waals surface area contributed by atoms with Crippen molar-refractivity contribution in [2.45, 2.75) is 6.92 Å². The molecule has 1 aromatic carbocycles. The van der Waals surface area contributed by atoms with Crippen molar-refractivity contribution in [3.8, 4) is 0 Å². The van der Waals surface area contributed by atoms with Crippen molar-refractivity contribution in [3.63, 3.8) is 0 Å². The Balaban J connectivity index is 1.87. The number of rotatable bonds is 3. The number of fused-ring (bicyclic) bond motifs is 1. The Morgan fingerprint density at radius 1 is 1.43 bits per heavy atom. The van der Waals surface area contributed by atoms with Gasteiger partial charge >= 0.3 is 5.97 Å². The fraction of sp³-hybridized carbons (Fsp3) is 0.0769. The molecular formula is C13H8Cl2N4O3S. The van der Waals surface area contributed by atoms with Gasteiger partial charge in [0.1, 0.15) is 4.88 Å². The van der Waals surface area contributed by atoms with Gasteiger partial charge in [0, 0.05) is 17.0 Å². The number of benzene rings is 1. The average Bonchev–Trinajstić information content (AvgIpc) is 3.09. The number of aryl methyl sites for hydroxylation is 1. The first-order valence-corrected chi connectivity index (χ1v) is 7.76. The molecule has 7 nitrogen and oxygen atoms in total. The van der Waals surface area contributed by atoms with Crippen LogP contribution in [0.5, 0.6) is 0 Å². The smallest absolute Gasteiger partial charge is 0.377 e. The fourth-order valence-electron chi connectivity index (χ4n) is 1.78. The molecule has 2 N–H and O–H groups in total. The van der Waals surface area contributed by atoms with Crippen molar-refractivity contribution < 1.29 is 14.2 Å². The van der Waals surface area contributed by atoms with E-state index in [1.165, 1.54) is 0 Å². The molecule has 118 valence electrons. The molecule has 3 rings (SSSR count). The van der Waals surface area contributed by atoms with Gasteiger partial charge in [0.2, 0.25) is 17.6 Å². The van der Waals surface area contributed by atoms with E-state index >= 15 is 0 Å². The van der Waals surface area contributed by atoms with E-state index in [1.807, 2.05) is 0 Å². The molecule has 10 heteroatoms. The van der Waals surface area contributed by atoms with Gasteiger partial charge in [0.25, 0.3) is 0 Å². The van der Waals surface area contributed by atoms with Gasteiger partial charge in [-0.15, -0.1) is 11.3 Å². The topological polar surface area (TPSA) is 104 Å². The van der Waals surface area contributed by atoms with Gasteiger partial charge < -0.3 is 15.1 Å². The van der Waals surface area contributed by atoms with E-state index < -0.39 is 5.97 Å². The van der Waals surface area contributed by atoms with Gasteiger partial charge in [-0.25, -0.2) is 4.79 Å². The molecule has 0 fully saturated rings. The SMILES string of the molecule is Cc1nc(C(N)=NOC(=O)c2sc3cccc(Cl)c3c2Cl)no1. The van der Waals surface area contributed by atoms with Crippen LogP contribution in [0.1, 0.15) is 21.4 Å². The van der Waals surface area contributed by atoms with Gasteiger partial charge in [0.05, 0.1) is 10.0 Å². The summed E-state index contributed by atoms with van der Waals surface area (Å²) < 4.78 is 5.52. The van der Waals surface area contributed by atoms with Gasteiger partial charge in [-0.3, -0.25) is 0 Å². The summed E-state index contributed by atoms with van der Waals surface area (Å²) in [6.07, 6.45) is 0. The first-order chi connectivity index (χ1) is 11.0. The van der Waals surface area contributed by atoms with Crippen LogP contribution >= 0.6 is 34.5 Å². The third-order valence-electron chi connectivity index (χ3n) is 2.78. The predicted octanol–water partition coefficient (Wildman–Crippen LogP) is 3.38. The van der Waals surface area contributed by atoms with Crippen LogP contribution in [0.3, 0.4) is 0 Å². The van der Waals surface area contributed by atoms with E-state index in [1.54, 1.807) is 25.1 Å². The van der Waals surface area contributed by atoms with Crippen LogP contribution in [0.25, 0.3) is 10.1 Å². The summed E-state index contributed by atoms with van der Waals surface area (Å²) in [6, 6.07) is 5.25. The second-order valence-electron chi connectivity index (χ2n) is 4.35. The summed E-state index contributed by atoms with van der Waals surface area (Å²) in [7, 11) is 0. The summed E-state index contributed by atoms with van der Waals surface area (Å²) in [4.78, 5) is 20.9. The maximum Gasteiger partial charge on any atom is 0.377 e. The van der Waals surface area contributed by atoms with Crippen molar-refractivity contribution in [1.29, 1.82) is 0 Å². The minimum absolute atomic E-state index is 0.0285. The molecule has 0 aliphatic heterocycles. The standard InChI is InChI=1S/C13H8Cl2N4O3S/c1-5-17-12(19-21-5)11(16)18-22-13(20)10-9(15)8-6(14)3-2-4-7(8)23-10/h2-4H,1H3,(H2,16,18). The lowest BCUT2D eigenvalue weighted by Gasteiger charge is -1.97. The van der Waals surface area contributed by atoms with Crippen LogP contribution in [0.4, 0.5) is 0 Å². The van der Waals surface area contributed by atoms with Gasteiger partial charge in [-0.1, -0.05) is 39.6 Å². The molecule has 0 aliphatic carbocycles. The number of carbonyl (C=O) groups excluding carboxylic acids is 1. The number of oxime groups is 1. The van der Waals surface area contributed by atoms with Crippen LogP contribution in [0.2, 0.25) is 10.0 Å². The Bertz CT molecular complexity index is 935. The van der Waals surface area contributed by atoms with E-state index in [4.69, 9.17) is 38.3 Å². The molecule has 0 aliphatic rings. The first kappa shape index (κ1) is 15.7. The number of nitrogens with zero attached hydrogens (tertiary/aromatic N) is 3. The molecule has 0 saturated carbocycles. The Morgan fingerprint density at radius 3 is 2.87 bits per heavy atom. The number of hydrogen-bond donors (Lipinski definition) is 1. The van der Waals surface area contributed by atoms with Crippen LogP contribution in [0.15, 0.2) is 27.9 Å². The monoisotopic (exact) mass is 370 g/mol. The molecule has 0 saturated heterocycles. The molecule has 23 heavy (non-hydrogen) atoms. The Kier molecular flexibility index (Phi) is 4.20. The van der Waals surface area contributed by atoms with Gasteiger partial charge in [-0.2, -0.15) is 4.98 Å². The third kappa shape index (κ3) is 3.00. The molecule has 0 bridgehead atoms. The normalized spacial score (nSPS) is 11.9. The molecule has 3 aromatic rings. The van der Waals surface area contributed by atoms with E-state index in [0.29, 0.717) is 16.3 Å². The highest BCUT2D eigenvalue weighted by Crippen LogP contribution is 2.39. The summed E-state index contributed by atoms with van der Waals surface area (Å²) >= 11 is 13.4. The number of nitrogens with two attached hydrogens (primary N) is 1. The van der Waals surface area contributed by atoms with Crippen LogP contribution in [-0.4, -0.2) is 21.9 Å². The van der Waals surface area contributed by atoms with Crippen LogP contribution < -0.4 is 5.73 Å². The van der Waals surface area contributed by atoms with E-state index in [9.17, 15) is 4.79 Å². The first-order valence-electron chi connectivity index (χ1n) is 6.19. The summed E-state index contributed by atoms with van der Waals surface area (Å²) in [5.41, 5.74) is 5.61. The minimum atomic E-state index is -0.754. The second-order valence-corrected chi connectivity index (χ2v) is 6.19. The molecule has 0 amide bonds. The van der Waals surface area contributed by atoms with E-state index in [-0.39, 0.29) is 21.6 Å². The van der Waals surface area contributed by atoms with Crippen LogP contribution in [-0.2, 0) is 4.84 Å². The Labute approximate surface area is 143 Å². The van der Waals surface area contributed by atoms with Gasteiger partial charge in [-0.05, 0) is 12.1 Å². The molecule has 2 aromatic heterocycles. The van der Waals surface area contributed by atoms with Crippen molar-refractivity contribution in [2.24, 2.45) is 10.9 Å². The van der Waals surface area contributed by atoms with Gasteiger partial charge in [0.15, 0.2) is 0 Å². The lowest BCUT2D eigenvalue weighted by Crippen LogP contribution is -2.16. The highest BCUT2D eigenvalue weighted by atomic mass is 35.5. The maximum absolute atomic E-state index is 12.1. The quantitative estimate of drug-likeness (QED) is 0.328. The summed E-state index contributed by atoms with van der Waals surface area (Å²) in [5.74, 6) is -0.603. The highest BCUT2D eigenvalue weighted by Gasteiger charge is 2.21. The molecule has 2 heterocycles. The van der Waals surface area contributed by atoms with Crippen LogP contribution in [0, 0.1) is 6.92 Å². The minimum Gasteiger partial charge on any atom is -0.378 e. The summed E-state index contributed by atoms with van der Waals surface area (Å²) in [6.45, 7) is 1.59. The molecule has 0 radical (unpaired) electrons. The fourth-order valence-corrected chi connectivity index (χ4v) is 3.60. The molecule has 0 atom stereocenters. The number of halogens is 2. The Morgan fingerprint density at radius 2 is 2.22 bits per heavy atom. The lowest BCUT2D eigenvalue weighted by molar-refractivity contribution is 0.0522. The molecular weight excluding hydrogens is 363 g/mol. The van der Waals surface area contributed by atoms with Crippen molar-refractivity contribution in [3.05, 3.63) is 44.8 Å². The zero-order valence-corrected chi connectivity index (χ0v) is 13.9. The lowest BCUT2D eigenvalue weighted by atomic mass is 10.2. The summed E-state index contributed by atoms with van der Waals surface area (Å²) in [5, 5.41) is 8.31. The van der Waals surface area contributed by atoms with Crippen molar-refractivity contribution in [2.75, 3.05) is 0 Å². The highest BCUT2D eigenvalue weighted by molar-refractivity contribution is 7.21. The van der Waals surface area contributed by atoms with Crippen molar-refractivity contribution in [1.82, 2.24) is 10.1 Å². The number of amidine groups is 1. The zero-order chi connectivity index (χ0) is 16.6. The number of carbonyl (C=O) groups is 1. The maximum atomic E-state index is 12.1. The number of thiophene rings is 1. The largest absolute Gasteiger partial charge is 0.378 e. The molecule has 0 unspecified atom stereocenters. The van der Waals surface area contributed by atoms with Crippen molar-refractivity contribution >= 4 is 56.4 Å². The Hall–Kier alpha value is -2.16. The number of hydrogen-bond acceptors (Lipinski definition) is 7. The third-order valence-corrected chi connectivity index (χ3v) is 4.72.